The highest BCUT2D eigenvalue weighted by molar-refractivity contribution is 5.39. The Morgan fingerprint density at radius 1 is 0.952 bits per heavy atom. The van der Waals surface area contributed by atoms with E-state index in [-0.39, 0.29) is 6.61 Å². The molecular formula is C18H18O3. The topological polar surface area (TPSA) is 38.7 Å². The second-order valence-corrected chi connectivity index (χ2v) is 4.37. The highest BCUT2D eigenvalue weighted by Gasteiger charge is 1.96. The van der Waals surface area contributed by atoms with Gasteiger partial charge >= 0.3 is 0 Å². The lowest BCUT2D eigenvalue weighted by atomic mass is 10.2. The van der Waals surface area contributed by atoms with E-state index < -0.39 is 0 Å². The Balaban J connectivity index is 1.71. The molecule has 21 heavy (non-hydrogen) atoms. The van der Waals surface area contributed by atoms with Crippen molar-refractivity contribution in [2.45, 2.75) is 6.61 Å². The Kier molecular flexibility index (Phi) is 6.34. The van der Waals surface area contributed by atoms with Crippen molar-refractivity contribution in [1.82, 2.24) is 0 Å². The standard InChI is InChI=1S/C18H18O3/c19-11-5-9-16-8-4-10-18(14-16)21-13-12-20-15-17-6-2-1-3-7-17/h1-4,6-8,10,14,19H,11-13,15H2. The molecule has 0 fully saturated rings. The molecule has 0 unspecified atom stereocenters. The summed E-state index contributed by atoms with van der Waals surface area (Å²) in [6, 6.07) is 17.5. The Labute approximate surface area is 125 Å². The van der Waals surface area contributed by atoms with E-state index in [9.17, 15) is 0 Å². The summed E-state index contributed by atoms with van der Waals surface area (Å²) >= 11 is 0. The van der Waals surface area contributed by atoms with E-state index in [1.807, 2.05) is 54.6 Å². The maximum Gasteiger partial charge on any atom is 0.120 e. The smallest absolute Gasteiger partial charge is 0.120 e. The van der Waals surface area contributed by atoms with E-state index in [1.54, 1.807) is 0 Å². The first-order chi connectivity index (χ1) is 10.4. The lowest BCUT2D eigenvalue weighted by Crippen LogP contribution is -2.06. The van der Waals surface area contributed by atoms with Gasteiger partial charge < -0.3 is 14.6 Å². The number of ether oxygens (including phenoxy) is 2. The molecule has 2 rings (SSSR count). The van der Waals surface area contributed by atoms with Crippen molar-refractivity contribution < 1.29 is 14.6 Å². The van der Waals surface area contributed by atoms with E-state index in [0.29, 0.717) is 19.8 Å². The van der Waals surface area contributed by atoms with Gasteiger partial charge in [0.1, 0.15) is 19.0 Å². The molecule has 0 radical (unpaired) electrons. The highest BCUT2D eigenvalue weighted by Crippen LogP contribution is 2.12. The van der Waals surface area contributed by atoms with Gasteiger partial charge in [-0.3, -0.25) is 0 Å². The minimum absolute atomic E-state index is 0.140. The lowest BCUT2D eigenvalue weighted by molar-refractivity contribution is 0.0889. The molecule has 0 atom stereocenters. The Morgan fingerprint density at radius 2 is 1.81 bits per heavy atom. The molecule has 0 spiro atoms. The van der Waals surface area contributed by atoms with Crippen LogP contribution >= 0.6 is 0 Å². The number of hydrogen-bond acceptors (Lipinski definition) is 3. The van der Waals surface area contributed by atoms with E-state index in [1.165, 1.54) is 0 Å². The minimum Gasteiger partial charge on any atom is -0.491 e. The van der Waals surface area contributed by atoms with Crippen LogP contribution in [0.25, 0.3) is 0 Å². The van der Waals surface area contributed by atoms with Crippen LogP contribution in [0, 0.1) is 11.8 Å². The second-order valence-electron chi connectivity index (χ2n) is 4.37. The maximum atomic E-state index is 8.67. The fourth-order valence-electron chi connectivity index (χ4n) is 1.79. The largest absolute Gasteiger partial charge is 0.491 e. The molecule has 0 amide bonds. The molecule has 2 aromatic carbocycles. The van der Waals surface area contributed by atoms with Gasteiger partial charge in [0.25, 0.3) is 0 Å². The van der Waals surface area contributed by atoms with Crippen molar-refractivity contribution in [1.29, 1.82) is 0 Å². The molecule has 0 saturated heterocycles. The fourth-order valence-corrected chi connectivity index (χ4v) is 1.79. The molecule has 3 nitrogen and oxygen atoms in total. The van der Waals surface area contributed by atoms with E-state index in [2.05, 4.69) is 11.8 Å². The SMILES string of the molecule is OCC#Cc1cccc(OCCOCc2ccccc2)c1. The Bertz CT molecular complexity index is 597. The lowest BCUT2D eigenvalue weighted by Gasteiger charge is -2.07. The monoisotopic (exact) mass is 282 g/mol. The Morgan fingerprint density at radius 3 is 2.62 bits per heavy atom. The summed E-state index contributed by atoms with van der Waals surface area (Å²) in [5.41, 5.74) is 1.98. The molecule has 0 heterocycles. The van der Waals surface area contributed by atoms with Crippen LogP contribution in [0.2, 0.25) is 0 Å². The van der Waals surface area contributed by atoms with E-state index in [4.69, 9.17) is 14.6 Å². The maximum absolute atomic E-state index is 8.67. The summed E-state index contributed by atoms with van der Waals surface area (Å²) in [5, 5.41) is 8.67. The van der Waals surface area contributed by atoms with E-state index >= 15 is 0 Å². The molecule has 0 saturated carbocycles. The van der Waals surface area contributed by atoms with Crippen LogP contribution in [0.3, 0.4) is 0 Å². The minimum atomic E-state index is -0.140. The van der Waals surface area contributed by atoms with Gasteiger partial charge in [-0.25, -0.2) is 0 Å². The van der Waals surface area contributed by atoms with Crippen LogP contribution in [0.5, 0.6) is 5.75 Å². The zero-order chi connectivity index (χ0) is 14.8. The van der Waals surface area contributed by atoms with Crippen molar-refractivity contribution in [2.24, 2.45) is 0 Å². The third kappa shape index (κ3) is 5.70. The van der Waals surface area contributed by atoms with Gasteiger partial charge in [-0.05, 0) is 23.8 Å². The van der Waals surface area contributed by atoms with Gasteiger partial charge in [-0.15, -0.1) is 0 Å². The van der Waals surface area contributed by atoms with Crippen molar-refractivity contribution >= 4 is 0 Å². The van der Waals surface area contributed by atoms with Crippen molar-refractivity contribution in [3.05, 3.63) is 65.7 Å². The van der Waals surface area contributed by atoms with Gasteiger partial charge in [0.2, 0.25) is 0 Å². The summed E-state index contributed by atoms with van der Waals surface area (Å²) in [7, 11) is 0. The van der Waals surface area contributed by atoms with Crippen molar-refractivity contribution in [2.75, 3.05) is 19.8 Å². The van der Waals surface area contributed by atoms with Gasteiger partial charge in [0, 0.05) is 5.56 Å². The zero-order valence-corrected chi connectivity index (χ0v) is 11.8. The first-order valence-corrected chi connectivity index (χ1v) is 6.83. The molecule has 0 aliphatic heterocycles. The molecule has 0 bridgehead atoms. The first kappa shape index (κ1) is 15.1. The van der Waals surface area contributed by atoms with E-state index in [0.717, 1.165) is 16.9 Å². The predicted octanol–water partition coefficient (Wildman–Crippen LogP) is 2.63. The molecule has 0 aromatic heterocycles. The number of benzene rings is 2. The van der Waals surface area contributed by atoms with Crippen LogP contribution in [-0.4, -0.2) is 24.9 Å². The van der Waals surface area contributed by atoms with Crippen LogP contribution in [0.4, 0.5) is 0 Å². The van der Waals surface area contributed by atoms with Crippen LogP contribution < -0.4 is 4.74 Å². The van der Waals surface area contributed by atoms with Crippen molar-refractivity contribution in [3.8, 4) is 17.6 Å². The average molecular weight is 282 g/mol. The molecule has 0 aliphatic carbocycles. The number of rotatable bonds is 6. The van der Waals surface area contributed by atoms with Crippen LogP contribution in [0.1, 0.15) is 11.1 Å². The van der Waals surface area contributed by atoms with Crippen LogP contribution in [0.15, 0.2) is 54.6 Å². The molecule has 2 aromatic rings. The summed E-state index contributed by atoms with van der Waals surface area (Å²) < 4.78 is 11.2. The summed E-state index contributed by atoms with van der Waals surface area (Å²) in [6.07, 6.45) is 0. The number of aliphatic hydroxyl groups excluding tert-OH is 1. The normalized spacial score (nSPS) is 9.76. The summed E-state index contributed by atoms with van der Waals surface area (Å²) in [5.74, 6) is 6.21. The Hall–Kier alpha value is -2.28. The zero-order valence-electron chi connectivity index (χ0n) is 11.8. The van der Waals surface area contributed by atoms with Gasteiger partial charge in [-0.2, -0.15) is 0 Å². The summed E-state index contributed by atoms with van der Waals surface area (Å²) in [6.45, 7) is 1.47. The van der Waals surface area contributed by atoms with Crippen molar-refractivity contribution in [3.63, 3.8) is 0 Å². The average Bonchev–Trinajstić information content (AvgIpc) is 2.54. The van der Waals surface area contributed by atoms with Gasteiger partial charge in [-0.1, -0.05) is 48.2 Å². The van der Waals surface area contributed by atoms with Crippen LogP contribution in [-0.2, 0) is 11.3 Å². The molecular weight excluding hydrogens is 264 g/mol. The number of aliphatic hydroxyl groups is 1. The molecule has 3 heteroatoms. The first-order valence-electron chi connectivity index (χ1n) is 6.83. The van der Waals surface area contributed by atoms with Gasteiger partial charge in [0.05, 0.1) is 13.2 Å². The summed E-state index contributed by atoms with van der Waals surface area (Å²) in [4.78, 5) is 0. The quantitative estimate of drug-likeness (QED) is 0.654. The third-order valence-electron chi connectivity index (χ3n) is 2.75. The number of hydrogen-bond donors (Lipinski definition) is 1. The second kappa shape index (κ2) is 8.80. The molecule has 108 valence electrons. The highest BCUT2D eigenvalue weighted by atomic mass is 16.5. The third-order valence-corrected chi connectivity index (χ3v) is 2.75. The molecule has 1 N–H and O–H groups in total. The van der Waals surface area contributed by atoms with Gasteiger partial charge in [0.15, 0.2) is 0 Å². The fraction of sp³-hybridized carbons (Fsp3) is 0.222. The predicted molar refractivity (Wildman–Crippen MR) is 82.0 cm³/mol. The molecule has 0 aliphatic rings.